The highest BCUT2D eigenvalue weighted by molar-refractivity contribution is 7.89. The van der Waals surface area contributed by atoms with Crippen LogP contribution in [0.25, 0.3) is 0 Å². The van der Waals surface area contributed by atoms with Gasteiger partial charge in [0, 0.05) is 24.2 Å². The highest BCUT2D eigenvalue weighted by Gasteiger charge is 2.26. The number of methoxy groups -OCH3 is 2. The maximum Gasteiger partial charge on any atom is 0.271 e. The standard InChI is InChI=1S/C20H23N3O6S/c1-27-18-8-4-6-16(19(18)28-2)14-21-22-20(24)15-5-3-7-17(13-15)30(25,26)23-9-11-29-12-10-23/h3-8,13-14H,9-12H2,1-2H3,(H,22,24). The first kappa shape index (κ1) is 21.8. The lowest BCUT2D eigenvalue weighted by molar-refractivity contribution is 0.0730. The highest BCUT2D eigenvalue weighted by Crippen LogP contribution is 2.29. The molecule has 1 aliphatic heterocycles. The largest absolute Gasteiger partial charge is 0.493 e. The van der Waals surface area contributed by atoms with Gasteiger partial charge in [0.25, 0.3) is 5.91 Å². The molecule has 0 unspecified atom stereocenters. The van der Waals surface area contributed by atoms with Crippen LogP contribution in [-0.2, 0) is 14.8 Å². The minimum Gasteiger partial charge on any atom is -0.493 e. The minimum atomic E-state index is -3.69. The SMILES string of the molecule is COc1cccc(C=NNC(=O)c2cccc(S(=O)(=O)N3CCOCC3)c2)c1OC. The monoisotopic (exact) mass is 433 g/mol. The minimum absolute atomic E-state index is 0.0514. The summed E-state index contributed by atoms with van der Waals surface area (Å²) >= 11 is 0. The molecule has 0 aromatic heterocycles. The third kappa shape index (κ3) is 4.78. The van der Waals surface area contributed by atoms with Gasteiger partial charge in [-0.2, -0.15) is 9.41 Å². The molecule has 160 valence electrons. The lowest BCUT2D eigenvalue weighted by atomic mass is 10.2. The molecule has 0 bridgehead atoms. The number of hydrogen-bond donors (Lipinski definition) is 1. The molecule has 30 heavy (non-hydrogen) atoms. The van der Waals surface area contributed by atoms with Gasteiger partial charge in [0.15, 0.2) is 11.5 Å². The number of morpholine rings is 1. The topological polar surface area (TPSA) is 107 Å². The molecule has 1 N–H and O–H groups in total. The quantitative estimate of drug-likeness (QED) is 0.524. The van der Waals surface area contributed by atoms with Gasteiger partial charge in [-0.05, 0) is 30.3 Å². The summed E-state index contributed by atoms with van der Waals surface area (Å²) in [5.41, 5.74) is 3.19. The van der Waals surface area contributed by atoms with Crippen molar-refractivity contribution in [3.05, 3.63) is 53.6 Å². The Morgan fingerprint density at radius 1 is 1.13 bits per heavy atom. The molecular formula is C20H23N3O6S. The van der Waals surface area contributed by atoms with E-state index in [9.17, 15) is 13.2 Å². The van der Waals surface area contributed by atoms with E-state index in [0.717, 1.165) is 0 Å². The molecule has 2 aromatic carbocycles. The predicted octanol–water partition coefficient (Wildman–Crippen LogP) is 1.49. The molecule has 1 heterocycles. The van der Waals surface area contributed by atoms with Crippen LogP contribution in [0.4, 0.5) is 0 Å². The number of para-hydroxylation sites is 1. The summed E-state index contributed by atoms with van der Waals surface area (Å²) < 4.78 is 42.6. The molecular weight excluding hydrogens is 410 g/mol. The van der Waals surface area contributed by atoms with Crippen LogP contribution >= 0.6 is 0 Å². The molecule has 9 nitrogen and oxygen atoms in total. The van der Waals surface area contributed by atoms with Crippen LogP contribution in [-0.4, -0.2) is 65.4 Å². The summed E-state index contributed by atoms with van der Waals surface area (Å²) in [5, 5.41) is 3.95. The number of amides is 1. The molecule has 0 atom stereocenters. The smallest absolute Gasteiger partial charge is 0.271 e. The van der Waals surface area contributed by atoms with Gasteiger partial charge in [0.05, 0.1) is 38.5 Å². The Morgan fingerprint density at radius 2 is 1.87 bits per heavy atom. The second kappa shape index (κ2) is 9.70. The van der Waals surface area contributed by atoms with Crippen molar-refractivity contribution in [3.63, 3.8) is 0 Å². The van der Waals surface area contributed by atoms with Crippen molar-refractivity contribution >= 4 is 22.1 Å². The Hall–Kier alpha value is -2.95. The number of hydrazone groups is 1. The molecule has 0 radical (unpaired) electrons. The number of hydrogen-bond acceptors (Lipinski definition) is 7. The maximum absolute atomic E-state index is 12.8. The number of ether oxygens (including phenoxy) is 3. The molecule has 0 aliphatic carbocycles. The molecule has 1 amide bonds. The summed E-state index contributed by atoms with van der Waals surface area (Å²) in [5.74, 6) is 0.484. The zero-order chi connectivity index (χ0) is 21.6. The Kier molecular flexibility index (Phi) is 7.03. The molecule has 0 spiro atoms. The fraction of sp³-hybridized carbons (Fsp3) is 0.300. The van der Waals surface area contributed by atoms with E-state index in [4.69, 9.17) is 14.2 Å². The van der Waals surface area contributed by atoms with Crippen molar-refractivity contribution in [1.29, 1.82) is 0 Å². The van der Waals surface area contributed by atoms with E-state index in [1.165, 1.54) is 49.0 Å². The lowest BCUT2D eigenvalue weighted by Gasteiger charge is -2.26. The van der Waals surface area contributed by atoms with Crippen molar-refractivity contribution in [3.8, 4) is 11.5 Å². The van der Waals surface area contributed by atoms with Gasteiger partial charge in [-0.1, -0.05) is 12.1 Å². The predicted molar refractivity (Wildman–Crippen MR) is 111 cm³/mol. The molecule has 10 heteroatoms. The van der Waals surface area contributed by atoms with Crippen molar-refractivity contribution in [2.75, 3.05) is 40.5 Å². The van der Waals surface area contributed by atoms with Gasteiger partial charge in [0.2, 0.25) is 10.0 Å². The fourth-order valence-electron chi connectivity index (χ4n) is 2.97. The zero-order valence-corrected chi connectivity index (χ0v) is 17.5. The van der Waals surface area contributed by atoms with Crippen LogP contribution in [0, 0.1) is 0 Å². The number of nitrogens with zero attached hydrogens (tertiary/aromatic N) is 2. The van der Waals surface area contributed by atoms with E-state index in [1.54, 1.807) is 18.2 Å². The number of benzene rings is 2. The molecule has 1 aliphatic rings. The van der Waals surface area contributed by atoms with Crippen LogP contribution in [0.3, 0.4) is 0 Å². The molecule has 1 saturated heterocycles. The number of nitrogens with one attached hydrogen (secondary N) is 1. The fourth-order valence-corrected chi connectivity index (χ4v) is 4.43. The summed E-state index contributed by atoms with van der Waals surface area (Å²) in [4.78, 5) is 12.5. The number of rotatable bonds is 7. The molecule has 2 aromatic rings. The van der Waals surface area contributed by atoms with Crippen molar-refractivity contribution < 1.29 is 27.4 Å². The summed E-state index contributed by atoms with van der Waals surface area (Å²) in [6.07, 6.45) is 1.42. The number of carbonyl (C=O) groups excluding carboxylic acids is 1. The van der Waals surface area contributed by atoms with E-state index in [-0.39, 0.29) is 23.5 Å². The van der Waals surface area contributed by atoms with Crippen LogP contribution in [0.1, 0.15) is 15.9 Å². The first-order valence-corrected chi connectivity index (χ1v) is 10.6. The van der Waals surface area contributed by atoms with Gasteiger partial charge in [0.1, 0.15) is 0 Å². The van der Waals surface area contributed by atoms with E-state index >= 15 is 0 Å². The van der Waals surface area contributed by atoms with Crippen molar-refractivity contribution in [1.82, 2.24) is 9.73 Å². The summed E-state index contributed by atoms with van der Waals surface area (Å²) in [6.45, 7) is 1.26. The average Bonchev–Trinajstić information content (AvgIpc) is 2.79. The summed E-state index contributed by atoms with van der Waals surface area (Å²) in [6, 6.07) is 11.1. The Labute approximate surface area is 175 Å². The van der Waals surface area contributed by atoms with Crippen molar-refractivity contribution in [2.45, 2.75) is 4.90 Å². The van der Waals surface area contributed by atoms with E-state index in [0.29, 0.717) is 30.3 Å². The van der Waals surface area contributed by atoms with E-state index < -0.39 is 15.9 Å². The Morgan fingerprint density at radius 3 is 2.57 bits per heavy atom. The third-order valence-corrected chi connectivity index (χ3v) is 6.40. The van der Waals surface area contributed by atoms with Gasteiger partial charge >= 0.3 is 0 Å². The highest BCUT2D eigenvalue weighted by atomic mass is 32.2. The van der Waals surface area contributed by atoms with Gasteiger partial charge in [-0.3, -0.25) is 4.79 Å². The summed E-state index contributed by atoms with van der Waals surface area (Å²) in [7, 11) is -0.659. The second-order valence-corrected chi connectivity index (χ2v) is 8.26. The normalized spacial score (nSPS) is 15.1. The molecule has 3 rings (SSSR count). The number of carbonyl (C=O) groups is 1. The Balaban J connectivity index is 1.74. The average molecular weight is 433 g/mol. The van der Waals surface area contributed by atoms with Crippen LogP contribution in [0.2, 0.25) is 0 Å². The second-order valence-electron chi connectivity index (χ2n) is 6.33. The Bertz CT molecular complexity index is 1030. The van der Waals surface area contributed by atoms with Crippen LogP contribution in [0.15, 0.2) is 52.5 Å². The number of sulfonamides is 1. The van der Waals surface area contributed by atoms with Gasteiger partial charge < -0.3 is 14.2 Å². The molecule has 1 fully saturated rings. The first-order valence-electron chi connectivity index (χ1n) is 9.19. The van der Waals surface area contributed by atoms with E-state index in [2.05, 4.69) is 10.5 Å². The lowest BCUT2D eigenvalue weighted by Crippen LogP contribution is -2.40. The maximum atomic E-state index is 12.8. The first-order chi connectivity index (χ1) is 14.5. The molecule has 0 saturated carbocycles. The van der Waals surface area contributed by atoms with E-state index in [1.807, 2.05) is 0 Å². The van der Waals surface area contributed by atoms with Crippen LogP contribution < -0.4 is 14.9 Å². The van der Waals surface area contributed by atoms with Crippen LogP contribution in [0.5, 0.6) is 11.5 Å². The third-order valence-electron chi connectivity index (χ3n) is 4.51. The van der Waals surface area contributed by atoms with Gasteiger partial charge in [-0.15, -0.1) is 0 Å². The van der Waals surface area contributed by atoms with Crippen molar-refractivity contribution in [2.24, 2.45) is 5.10 Å². The zero-order valence-electron chi connectivity index (χ0n) is 16.7. The van der Waals surface area contributed by atoms with Gasteiger partial charge in [-0.25, -0.2) is 13.8 Å².